The summed E-state index contributed by atoms with van der Waals surface area (Å²) in [4.78, 5) is 21.4. The first-order chi connectivity index (χ1) is 7.51. The van der Waals surface area contributed by atoms with Crippen LogP contribution in [0.2, 0.25) is 0 Å². The van der Waals surface area contributed by atoms with Gasteiger partial charge in [-0.15, -0.1) is 0 Å². The standard InChI is InChI=1S/C9H10N2O5/c1-15-7-4-5(10)3-6(11(13)14)8(7)9(12)16-2/h3-4H,10H2,1-2H3. The van der Waals surface area contributed by atoms with E-state index in [1.54, 1.807) is 0 Å². The molecule has 1 rings (SSSR count). The number of carbonyl (C=O) groups is 1. The minimum Gasteiger partial charge on any atom is -0.495 e. The number of nitrogen functional groups attached to an aromatic ring is 1. The molecule has 0 aliphatic rings. The van der Waals surface area contributed by atoms with E-state index in [0.29, 0.717) is 0 Å². The predicted molar refractivity (Wildman–Crippen MR) is 55.4 cm³/mol. The van der Waals surface area contributed by atoms with Crippen molar-refractivity contribution < 1.29 is 19.2 Å². The maximum Gasteiger partial charge on any atom is 0.348 e. The van der Waals surface area contributed by atoms with Crippen LogP contribution < -0.4 is 10.5 Å². The number of nitrogens with zero attached hydrogens (tertiary/aromatic N) is 1. The van der Waals surface area contributed by atoms with Gasteiger partial charge >= 0.3 is 5.97 Å². The van der Waals surface area contributed by atoms with Crippen LogP contribution in [-0.4, -0.2) is 25.1 Å². The van der Waals surface area contributed by atoms with E-state index in [4.69, 9.17) is 10.5 Å². The van der Waals surface area contributed by atoms with Gasteiger partial charge in [0, 0.05) is 17.8 Å². The van der Waals surface area contributed by atoms with E-state index >= 15 is 0 Å². The van der Waals surface area contributed by atoms with Crippen LogP contribution in [0.4, 0.5) is 11.4 Å². The van der Waals surface area contributed by atoms with E-state index in [-0.39, 0.29) is 17.0 Å². The van der Waals surface area contributed by atoms with Crippen LogP contribution in [0.3, 0.4) is 0 Å². The molecule has 0 bridgehead atoms. The second-order valence-corrected chi connectivity index (χ2v) is 2.87. The number of anilines is 1. The average Bonchev–Trinajstić information content (AvgIpc) is 2.26. The summed E-state index contributed by atoms with van der Waals surface area (Å²) in [7, 11) is 2.41. The Hall–Kier alpha value is -2.31. The molecule has 86 valence electrons. The van der Waals surface area contributed by atoms with E-state index in [0.717, 1.165) is 13.2 Å². The van der Waals surface area contributed by atoms with Gasteiger partial charge in [-0.3, -0.25) is 10.1 Å². The molecule has 0 aromatic heterocycles. The maximum atomic E-state index is 11.4. The lowest BCUT2D eigenvalue weighted by Crippen LogP contribution is -2.08. The molecule has 16 heavy (non-hydrogen) atoms. The Labute approximate surface area is 90.9 Å². The molecule has 1 aromatic rings. The number of nitro groups is 1. The molecular weight excluding hydrogens is 216 g/mol. The molecule has 0 aliphatic carbocycles. The Kier molecular flexibility index (Phi) is 3.29. The Morgan fingerprint density at radius 3 is 2.50 bits per heavy atom. The van der Waals surface area contributed by atoms with Crippen LogP contribution in [0.5, 0.6) is 5.75 Å². The molecule has 0 amide bonds. The molecule has 0 fully saturated rings. The summed E-state index contributed by atoms with van der Waals surface area (Å²) in [5.41, 5.74) is 4.89. The summed E-state index contributed by atoms with van der Waals surface area (Å²) in [5.74, 6) is -0.831. The summed E-state index contributed by atoms with van der Waals surface area (Å²) < 4.78 is 9.30. The fourth-order valence-electron chi connectivity index (χ4n) is 1.23. The van der Waals surface area contributed by atoms with Gasteiger partial charge in [-0.05, 0) is 0 Å². The van der Waals surface area contributed by atoms with E-state index in [1.165, 1.54) is 13.2 Å². The third-order valence-electron chi connectivity index (χ3n) is 1.91. The van der Waals surface area contributed by atoms with Crippen molar-refractivity contribution in [3.8, 4) is 5.75 Å². The van der Waals surface area contributed by atoms with Crippen molar-refractivity contribution in [2.45, 2.75) is 0 Å². The molecule has 0 saturated carbocycles. The van der Waals surface area contributed by atoms with Crippen molar-refractivity contribution in [2.24, 2.45) is 0 Å². The molecule has 0 spiro atoms. The molecule has 7 heteroatoms. The van der Waals surface area contributed by atoms with Gasteiger partial charge in [-0.2, -0.15) is 0 Å². The Morgan fingerprint density at radius 2 is 2.06 bits per heavy atom. The Bertz CT molecular complexity index is 444. The SMILES string of the molecule is COC(=O)c1c(OC)cc(N)cc1[N+](=O)[O-]. The quantitative estimate of drug-likeness (QED) is 0.356. The third-order valence-corrected chi connectivity index (χ3v) is 1.91. The largest absolute Gasteiger partial charge is 0.495 e. The first-order valence-corrected chi connectivity index (χ1v) is 4.21. The number of ether oxygens (including phenoxy) is 2. The molecule has 0 saturated heterocycles. The van der Waals surface area contributed by atoms with Crippen molar-refractivity contribution >= 4 is 17.3 Å². The van der Waals surface area contributed by atoms with E-state index < -0.39 is 16.6 Å². The molecule has 0 radical (unpaired) electrons. The fourth-order valence-corrected chi connectivity index (χ4v) is 1.23. The molecular formula is C9H10N2O5. The van der Waals surface area contributed by atoms with Gasteiger partial charge in [-0.1, -0.05) is 0 Å². The van der Waals surface area contributed by atoms with Gasteiger partial charge in [0.05, 0.1) is 19.1 Å². The molecule has 7 nitrogen and oxygen atoms in total. The fraction of sp³-hybridized carbons (Fsp3) is 0.222. The molecule has 1 aromatic carbocycles. The number of nitrogens with two attached hydrogens (primary N) is 1. The molecule has 0 unspecified atom stereocenters. The number of rotatable bonds is 3. The lowest BCUT2D eigenvalue weighted by molar-refractivity contribution is -0.385. The van der Waals surface area contributed by atoms with Crippen molar-refractivity contribution in [2.75, 3.05) is 20.0 Å². The van der Waals surface area contributed by atoms with Crippen molar-refractivity contribution in [1.29, 1.82) is 0 Å². The average molecular weight is 226 g/mol. The number of hydrogen-bond donors (Lipinski definition) is 1. The van der Waals surface area contributed by atoms with Crippen LogP contribution in [0.1, 0.15) is 10.4 Å². The number of benzene rings is 1. The van der Waals surface area contributed by atoms with E-state index in [1.807, 2.05) is 0 Å². The number of methoxy groups -OCH3 is 2. The zero-order chi connectivity index (χ0) is 12.3. The van der Waals surface area contributed by atoms with Crippen molar-refractivity contribution in [3.63, 3.8) is 0 Å². The minimum absolute atomic E-state index is 0.0125. The lowest BCUT2D eigenvalue weighted by atomic mass is 10.1. The Morgan fingerprint density at radius 1 is 1.44 bits per heavy atom. The van der Waals surface area contributed by atoms with Crippen LogP contribution in [-0.2, 0) is 4.74 Å². The smallest absolute Gasteiger partial charge is 0.348 e. The normalized spacial score (nSPS) is 9.62. The van der Waals surface area contributed by atoms with Gasteiger partial charge in [0.15, 0.2) is 5.56 Å². The highest BCUT2D eigenvalue weighted by Gasteiger charge is 2.26. The van der Waals surface area contributed by atoms with Crippen LogP contribution in [0, 0.1) is 10.1 Å². The van der Waals surface area contributed by atoms with E-state index in [9.17, 15) is 14.9 Å². The predicted octanol–water partition coefficient (Wildman–Crippen LogP) is 0.972. The monoisotopic (exact) mass is 226 g/mol. The maximum absolute atomic E-state index is 11.4. The summed E-state index contributed by atoms with van der Waals surface area (Å²) in [6.45, 7) is 0. The van der Waals surface area contributed by atoms with E-state index in [2.05, 4.69) is 4.74 Å². The highest BCUT2D eigenvalue weighted by atomic mass is 16.6. The van der Waals surface area contributed by atoms with Crippen molar-refractivity contribution in [3.05, 3.63) is 27.8 Å². The first kappa shape index (κ1) is 11.8. The summed E-state index contributed by atoms with van der Waals surface area (Å²) in [5, 5.41) is 10.7. The number of nitro benzene ring substituents is 1. The van der Waals surface area contributed by atoms with Crippen LogP contribution >= 0.6 is 0 Å². The van der Waals surface area contributed by atoms with Gasteiger partial charge in [-0.25, -0.2) is 4.79 Å². The number of esters is 1. The van der Waals surface area contributed by atoms with Gasteiger partial charge < -0.3 is 15.2 Å². The van der Waals surface area contributed by atoms with Gasteiger partial charge in [0.1, 0.15) is 5.75 Å². The van der Waals surface area contributed by atoms with Crippen LogP contribution in [0.25, 0.3) is 0 Å². The topological polar surface area (TPSA) is 105 Å². The highest BCUT2D eigenvalue weighted by molar-refractivity contribution is 5.97. The number of hydrogen-bond acceptors (Lipinski definition) is 6. The Balaban J connectivity index is 3.51. The summed E-state index contributed by atoms with van der Waals surface area (Å²) >= 11 is 0. The first-order valence-electron chi connectivity index (χ1n) is 4.21. The molecule has 0 heterocycles. The minimum atomic E-state index is -0.844. The summed E-state index contributed by atoms with van der Waals surface area (Å²) in [6.07, 6.45) is 0. The second kappa shape index (κ2) is 4.47. The zero-order valence-corrected chi connectivity index (χ0v) is 8.72. The van der Waals surface area contributed by atoms with Crippen molar-refractivity contribution in [1.82, 2.24) is 0 Å². The van der Waals surface area contributed by atoms with Gasteiger partial charge in [0.25, 0.3) is 5.69 Å². The lowest BCUT2D eigenvalue weighted by Gasteiger charge is -2.08. The molecule has 2 N–H and O–H groups in total. The number of carbonyl (C=O) groups excluding carboxylic acids is 1. The zero-order valence-electron chi connectivity index (χ0n) is 8.72. The molecule has 0 aliphatic heterocycles. The third kappa shape index (κ3) is 2.02. The highest BCUT2D eigenvalue weighted by Crippen LogP contribution is 2.31. The summed E-state index contributed by atoms with van der Waals surface area (Å²) in [6, 6.07) is 2.40. The molecule has 0 atom stereocenters. The second-order valence-electron chi connectivity index (χ2n) is 2.87. The van der Waals surface area contributed by atoms with Crippen LogP contribution in [0.15, 0.2) is 12.1 Å². The van der Waals surface area contributed by atoms with Gasteiger partial charge in [0.2, 0.25) is 0 Å².